The van der Waals surface area contributed by atoms with Gasteiger partial charge < -0.3 is 10.2 Å². The summed E-state index contributed by atoms with van der Waals surface area (Å²) in [7, 11) is 0. The summed E-state index contributed by atoms with van der Waals surface area (Å²) in [5, 5.41) is 2.93. The molecule has 5 heteroatoms. The lowest BCUT2D eigenvalue weighted by Crippen LogP contribution is -2.49. The summed E-state index contributed by atoms with van der Waals surface area (Å²) in [6, 6.07) is 9.60. The molecule has 0 radical (unpaired) electrons. The van der Waals surface area contributed by atoms with Crippen molar-refractivity contribution >= 4 is 23.6 Å². The minimum atomic E-state index is -0.378. The smallest absolute Gasteiger partial charge is 0.243 e. The van der Waals surface area contributed by atoms with E-state index in [0.717, 1.165) is 24.8 Å². The predicted molar refractivity (Wildman–Crippen MR) is 99.6 cm³/mol. The minimum absolute atomic E-state index is 0.0222. The molecule has 0 aromatic heterocycles. The summed E-state index contributed by atoms with van der Waals surface area (Å²) < 4.78 is 0. The Balaban J connectivity index is 2.12. The largest absolute Gasteiger partial charge is 0.354 e. The summed E-state index contributed by atoms with van der Waals surface area (Å²) in [4.78, 5) is 27.1. The molecule has 2 atom stereocenters. The van der Waals surface area contributed by atoms with Gasteiger partial charge in [-0.05, 0) is 12.0 Å². The molecule has 4 nitrogen and oxygen atoms in total. The van der Waals surface area contributed by atoms with Crippen molar-refractivity contribution in [2.24, 2.45) is 5.92 Å². The zero-order chi connectivity index (χ0) is 17.5. The Morgan fingerprint density at radius 3 is 2.58 bits per heavy atom. The van der Waals surface area contributed by atoms with Crippen LogP contribution in [0.3, 0.4) is 0 Å². The van der Waals surface area contributed by atoms with Gasteiger partial charge in [0.15, 0.2) is 0 Å². The van der Waals surface area contributed by atoms with E-state index in [9.17, 15) is 9.59 Å². The summed E-state index contributed by atoms with van der Waals surface area (Å²) in [5.41, 5.74) is 1.08. The quantitative estimate of drug-likeness (QED) is 0.766. The molecule has 1 aliphatic rings. The molecule has 0 saturated carbocycles. The first-order chi connectivity index (χ1) is 11.6. The molecular weight excluding hydrogens is 320 g/mol. The number of hydrogen-bond donors (Lipinski definition) is 1. The first-order valence-electron chi connectivity index (χ1n) is 8.82. The maximum Gasteiger partial charge on any atom is 0.243 e. The van der Waals surface area contributed by atoms with Crippen LogP contribution in [0.15, 0.2) is 30.3 Å². The highest BCUT2D eigenvalue weighted by Crippen LogP contribution is 2.42. The third kappa shape index (κ3) is 4.53. The average molecular weight is 349 g/mol. The van der Waals surface area contributed by atoms with Gasteiger partial charge in [-0.2, -0.15) is 0 Å². The highest BCUT2D eigenvalue weighted by Gasteiger charge is 2.42. The Morgan fingerprint density at radius 2 is 1.96 bits per heavy atom. The van der Waals surface area contributed by atoms with Gasteiger partial charge in [-0.1, -0.05) is 63.9 Å². The average Bonchev–Trinajstić information content (AvgIpc) is 3.03. The molecule has 1 heterocycles. The standard InChI is InChI=1S/C19H28N2O2S/c1-4-5-9-12-20-17(22)16-13-24-19(15-10-7-6-8-11-15)21(16)18(23)14(2)3/h6-8,10-11,14,16,19H,4-5,9,12-13H2,1-3H3,(H,20,22). The van der Waals surface area contributed by atoms with E-state index in [2.05, 4.69) is 12.2 Å². The van der Waals surface area contributed by atoms with Crippen molar-refractivity contribution in [1.82, 2.24) is 10.2 Å². The molecule has 1 fully saturated rings. The van der Waals surface area contributed by atoms with Crippen molar-refractivity contribution in [2.75, 3.05) is 12.3 Å². The first-order valence-corrected chi connectivity index (χ1v) is 9.87. The molecule has 2 unspecified atom stereocenters. The molecule has 0 spiro atoms. The number of benzene rings is 1. The molecule has 1 aliphatic heterocycles. The normalized spacial score (nSPS) is 20.4. The number of carbonyl (C=O) groups excluding carboxylic acids is 2. The fourth-order valence-corrected chi connectivity index (χ4v) is 4.29. The van der Waals surface area contributed by atoms with E-state index in [-0.39, 0.29) is 29.1 Å². The second kappa shape index (κ2) is 9.11. The van der Waals surface area contributed by atoms with E-state index < -0.39 is 0 Å². The van der Waals surface area contributed by atoms with Gasteiger partial charge >= 0.3 is 0 Å². The van der Waals surface area contributed by atoms with Crippen molar-refractivity contribution < 1.29 is 9.59 Å². The third-order valence-corrected chi connectivity index (χ3v) is 5.54. The lowest BCUT2D eigenvalue weighted by molar-refractivity contribution is -0.142. The maximum atomic E-state index is 12.8. The topological polar surface area (TPSA) is 49.4 Å². The molecule has 1 aromatic rings. The van der Waals surface area contributed by atoms with E-state index in [1.54, 1.807) is 16.7 Å². The van der Waals surface area contributed by atoms with E-state index >= 15 is 0 Å². The van der Waals surface area contributed by atoms with Crippen LogP contribution in [0.4, 0.5) is 0 Å². The number of nitrogens with zero attached hydrogens (tertiary/aromatic N) is 1. The van der Waals surface area contributed by atoms with Crippen molar-refractivity contribution in [1.29, 1.82) is 0 Å². The van der Waals surface area contributed by atoms with Crippen LogP contribution in [0.1, 0.15) is 51.0 Å². The van der Waals surface area contributed by atoms with Gasteiger partial charge in [0.05, 0.1) is 0 Å². The monoisotopic (exact) mass is 348 g/mol. The van der Waals surface area contributed by atoms with E-state index in [4.69, 9.17) is 0 Å². The Labute approximate surface area is 149 Å². The number of thioether (sulfide) groups is 1. The van der Waals surface area contributed by atoms with Crippen molar-refractivity contribution in [3.05, 3.63) is 35.9 Å². The van der Waals surface area contributed by atoms with E-state index in [1.807, 2.05) is 44.2 Å². The molecule has 0 bridgehead atoms. The van der Waals surface area contributed by atoms with Crippen LogP contribution in [0, 0.1) is 5.92 Å². The van der Waals surface area contributed by atoms with E-state index in [1.165, 1.54) is 0 Å². The second-order valence-electron chi connectivity index (χ2n) is 6.51. The van der Waals surface area contributed by atoms with Crippen LogP contribution in [-0.4, -0.2) is 35.1 Å². The van der Waals surface area contributed by atoms with Crippen molar-refractivity contribution in [2.45, 2.75) is 51.4 Å². The SMILES string of the molecule is CCCCCNC(=O)C1CSC(c2ccccc2)N1C(=O)C(C)C. The van der Waals surface area contributed by atoms with Gasteiger partial charge in [-0.15, -0.1) is 11.8 Å². The van der Waals surface area contributed by atoms with E-state index in [0.29, 0.717) is 12.3 Å². The zero-order valence-electron chi connectivity index (χ0n) is 14.8. The number of unbranched alkanes of at least 4 members (excludes halogenated alkanes) is 2. The van der Waals surface area contributed by atoms with Crippen molar-refractivity contribution in [3.8, 4) is 0 Å². The van der Waals surface area contributed by atoms with Crippen LogP contribution in [-0.2, 0) is 9.59 Å². The van der Waals surface area contributed by atoms with Crippen LogP contribution < -0.4 is 5.32 Å². The molecule has 1 aromatic carbocycles. The molecule has 1 saturated heterocycles. The maximum absolute atomic E-state index is 12.8. The number of hydrogen-bond acceptors (Lipinski definition) is 3. The summed E-state index contributed by atoms with van der Waals surface area (Å²) in [6.45, 7) is 6.61. The van der Waals surface area contributed by atoms with Gasteiger partial charge in [0.1, 0.15) is 11.4 Å². The van der Waals surface area contributed by atoms with Gasteiger partial charge in [-0.3, -0.25) is 9.59 Å². The lowest BCUT2D eigenvalue weighted by Gasteiger charge is -2.30. The fraction of sp³-hybridized carbons (Fsp3) is 0.579. The summed E-state index contributed by atoms with van der Waals surface area (Å²) in [6.07, 6.45) is 3.23. The first kappa shape index (κ1) is 18.8. The Bertz CT molecular complexity index is 548. The summed E-state index contributed by atoms with van der Waals surface area (Å²) in [5.74, 6) is 0.552. The van der Waals surface area contributed by atoms with Crippen LogP contribution in [0.5, 0.6) is 0 Å². The van der Waals surface area contributed by atoms with Crippen LogP contribution in [0.2, 0.25) is 0 Å². The number of rotatable bonds is 7. The third-order valence-electron chi connectivity index (χ3n) is 4.22. The molecule has 132 valence electrons. The predicted octanol–water partition coefficient (Wildman–Crippen LogP) is 3.59. The second-order valence-corrected chi connectivity index (χ2v) is 7.62. The molecule has 24 heavy (non-hydrogen) atoms. The van der Waals surface area contributed by atoms with Crippen LogP contribution >= 0.6 is 11.8 Å². The lowest BCUT2D eigenvalue weighted by atomic mass is 10.1. The Morgan fingerprint density at radius 1 is 1.25 bits per heavy atom. The molecule has 2 rings (SSSR count). The zero-order valence-corrected chi connectivity index (χ0v) is 15.6. The highest BCUT2D eigenvalue weighted by atomic mass is 32.2. The molecule has 1 N–H and O–H groups in total. The van der Waals surface area contributed by atoms with Gasteiger partial charge in [-0.25, -0.2) is 0 Å². The molecular formula is C19H28N2O2S. The minimum Gasteiger partial charge on any atom is -0.354 e. The van der Waals surface area contributed by atoms with Gasteiger partial charge in [0.25, 0.3) is 0 Å². The van der Waals surface area contributed by atoms with Gasteiger partial charge in [0.2, 0.25) is 11.8 Å². The fourth-order valence-electron chi connectivity index (χ4n) is 2.85. The number of carbonyl (C=O) groups is 2. The van der Waals surface area contributed by atoms with Gasteiger partial charge in [0, 0.05) is 18.2 Å². The Hall–Kier alpha value is -1.49. The number of nitrogens with one attached hydrogen (secondary N) is 1. The Kier molecular flexibility index (Phi) is 7.16. The molecule has 2 amide bonds. The molecule has 0 aliphatic carbocycles. The van der Waals surface area contributed by atoms with Crippen molar-refractivity contribution in [3.63, 3.8) is 0 Å². The van der Waals surface area contributed by atoms with Crippen LogP contribution in [0.25, 0.3) is 0 Å². The summed E-state index contributed by atoms with van der Waals surface area (Å²) >= 11 is 1.67. The highest BCUT2D eigenvalue weighted by molar-refractivity contribution is 7.99. The number of amides is 2.